The largest absolute Gasteiger partial charge is 0.480 e. The van der Waals surface area contributed by atoms with Crippen molar-refractivity contribution in [2.24, 2.45) is 5.92 Å². The van der Waals surface area contributed by atoms with E-state index >= 15 is 0 Å². The molecule has 0 spiro atoms. The van der Waals surface area contributed by atoms with Crippen LogP contribution < -0.4 is 5.32 Å². The van der Waals surface area contributed by atoms with Crippen LogP contribution in [0.4, 0.5) is 0 Å². The van der Waals surface area contributed by atoms with Gasteiger partial charge in [0.25, 0.3) is 0 Å². The Morgan fingerprint density at radius 2 is 2.00 bits per heavy atom. The van der Waals surface area contributed by atoms with Crippen molar-refractivity contribution in [3.05, 3.63) is 0 Å². The van der Waals surface area contributed by atoms with Gasteiger partial charge in [0.2, 0.25) is 5.91 Å². The summed E-state index contributed by atoms with van der Waals surface area (Å²) in [7, 11) is 0. The van der Waals surface area contributed by atoms with E-state index in [4.69, 9.17) is 5.11 Å². The molecule has 1 amide bonds. The van der Waals surface area contributed by atoms with Crippen LogP contribution in [-0.2, 0) is 9.59 Å². The lowest BCUT2D eigenvalue weighted by Crippen LogP contribution is -2.45. The minimum Gasteiger partial charge on any atom is -0.480 e. The second-order valence-corrected chi connectivity index (χ2v) is 5.14. The fraction of sp³-hybridized carbons (Fsp3) is 0.818. The van der Waals surface area contributed by atoms with Crippen LogP contribution in [0.3, 0.4) is 0 Å². The number of thioether (sulfide) groups is 1. The van der Waals surface area contributed by atoms with Crippen molar-refractivity contribution in [3.8, 4) is 0 Å². The van der Waals surface area contributed by atoms with Gasteiger partial charge in [0.05, 0.1) is 5.75 Å². The van der Waals surface area contributed by atoms with E-state index < -0.39 is 12.0 Å². The summed E-state index contributed by atoms with van der Waals surface area (Å²) in [6.45, 7) is 5.66. The van der Waals surface area contributed by atoms with Crippen molar-refractivity contribution >= 4 is 23.6 Å². The topological polar surface area (TPSA) is 66.4 Å². The lowest BCUT2D eigenvalue weighted by molar-refractivity contribution is -0.142. The Kier molecular flexibility index (Phi) is 8.07. The van der Waals surface area contributed by atoms with Gasteiger partial charge in [0.15, 0.2) is 0 Å². The van der Waals surface area contributed by atoms with Crippen LogP contribution >= 0.6 is 11.8 Å². The summed E-state index contributed by atoms with van der Waals surface area (Å²) in [4.78, 5) is 22.3. The van der Waals surface area contributed by atoms with Gasteiger partial charge in [-0.2, -0.15) is 11.8 Å². The van der Waals surface area contributed by atoms with Crippen LogP contribution in [0.5, 0.6) is 0 Å². The van der Waals surface area contributed by atoms with Gasteiger partial charge in [-0.3, -0.25) is 4.79 Å². The Morgan fingerprint density at radius 3 is 2.44 bits per heavy atom. The van der Waals surface area contributed by atoms with Crippen molar-refractivity contribution in [2.75, 3.05) is 11.5 Å². The lowest BCUT2D eigenvalue weighted by atomic mass is 10.1. The number of rotatable bonds is 8. The van der Waals surface area contributed by atoms with E-state index in [1.165, 1.54) is 0 Å². The molecule has 0 radical (unpaired) electrons. The van der Waals surface area contributed by atoms with E-state index in [2.05, 4.69) is 12.2 Å². The fourth-order valence-corrected chi connectivity index (χ4v) is 2.05. The Labute approximate surface area is 101 Å². The maximum absolute atomic E-state index is 11.4. The third-order valence-electron chi connectivity index (χ3n) is 2.12. The van der Waals surface area contributed by atoms with Gasteiger partial charge in [-0.15, -0.1) is 0 Å². The van der Waals surface area contributed by atoms with Crippen LogP contribution in [0.25, 0.3) is 0 Å². The highest BCUT2D eigenvalue weighted by molar-refractivity contribution is 7.99. The standard InChI is InChI=1S/C11H21NO3S/c1-4-5-6-16-7-9(13)12-10(8(2)3)11(14)15/h8,10H,4-7H2,1-3H3,(H,12,13)(H,14,15)/t10-/m0/s1. The number of unbranched alkanes of at least 4 members (excludes halogenated alkanes) is 1. The van der Waals surface area contributed by atoms with Gasteiger partial charge in [-0.05, 0) is 18.1 Å². The summed E-state index contributed by atoms with van der Waals surface area (Å²) in [6, 6.07) is -0.778. The normalized spacial score (nSPS) is 12.5. The van der Waals surface area contributed by atoms with Crippen molar-refractivity contribution in [3.63, 3.8) is 0 Å². The number of carbonyl (C=O) groups excluding carboxylic acids is 1. The zero-order chi connectivity index (χ0) is 12.6. The number of carbonyl (C=O) groups is 2. The predicted octanol–water partition coefficient (Wildman–Crippen LogP) is 1.75. The zero-order valence-corrected chi connectivity index (χ0v) is 11.0. The van der Waals surface area contributed by atoms with Gasteiger partial charge in [-0.25, -0.2) is 4.79 Å². The van der Waals surface area contributed by atoms with Crippen LogP contribution in [0.15, 0.2) is 0 Å². The number of hydrogen-bond donors (Lipinski definition) is 2. The quantitative estimate of drug-likeness (QED) is 0.641. The maximum Gasteiger partial charge on any atom is 0.326 e. The molecule has 0 aliphatic carbocycles. The van der Waals surface area contributed by atoms with E-state index in [1.807, 2.05) is 0 Å². The molecule has 0 saturated heterocycles. The number of aliphatic carboxylic acids is 1. The van der Waals surface area contributed by atoms with Gasteiger partial charge in [-0.1, -0.05) is 27.2 Å². The average Bonchev–Trinajstić information content (AvgIpc) is 2.20. The highest BCUT2D eigenvalue weighted by Gasteiger charge is 2.22. The number of hydrogen-bond acceptors (Lipinski definition) is 3. The summed E-state index contributed by atoms with van der Waals surface area (Å²) in [5, 5.41) is 11.4. The number of amides is 1. The molecule has 4 nitrogen and oxygen atoms in total. The summed E-state index contributed by atoms with van der Waals surface area (Å²) in [5.74, 6) is 0.0334. The van der Waals surface area contributed by atoms with Gasteiger partial charge < -0.3 is 10.4 Å². The average molecular weight is 247 g/mol. The van der Waals surface area contributed by atoms with E-state index in [0.29, 0.717) is 5.75 Å². The van der Waals surface area contributed by atoms with Crippen molar-refractivity contribution in [1.82, 2.24) is 5.32 Å². The van der Waals surface area contributed by atoms with Gasteiger partial charge in [0.1, 0.15) is 6.04 Å². The Morgan fingerprint density at radius 1 is 1.38 bits per heavy atom. The van der Waals surface area contributed by atoms with Crippen molar-refractivity contribution < 1.29 is 14.7 Å². The van der Waals surface area contributed by atoms with Crippen molar-refractivity contribution in [1.29, 1.82) is 0 Å². The molecule has 0 aromatic carbocycles. The third kappa shape index (κ3) is 6.71. The molecule has 0 aliphatic heterocycles. The SMILES string of the molecule is CCCCSCC(=O)N[C@H](C(=O)O)C(C)C. The molecule has 0 heterocycles. The van der Waals surface area contributed by atoms with E-state index in [-0.39, 0.29) is 11.8 Å². The number of carboxylic acid groups (broad SMARTS) is 1. The third-order valence-corrected chi connectivity index (χ3v) is 3.17. The molecule has 0 rings (SSSR count). The molecule has 0 saturated carbocycles. The Hall–Kier alpha value is -0.710. The van der Waals surface area contributed by atoms with E-state index in [1.54, 1.807) is 25.6 Å². The summed E-state index contributed by atoms with van der Waals surface area (Å²) >= 11 is 1.55. The second-order valence-electron chi connectivity index (χ2n) is 4.03. The monoisotopic (exact) mass is 247 g/mol. The number of carboxylic acids is 1. The second kappa shape index (κ2) is 8.44. The number of nitrogens with one attached hydrogen (secondary N) is 1. The van der Waals surface area contributed by atoms with Crippen molar-refractivity contribution in [2.45, 2.75) is 39.7 Å². The molecular formula is C11H21NO3S. The first-order chi connectivity index (χ1) is 7.49. The van der Waals surface area contributed by atoms with Crippen LogP contribution in [0.1, 0.15) is 33.6 Å². The minimum absolute atomic E-state index is 0.0953. The first-order valence-electron chi connectivity index (χ1n) is 5.59. The first kappa shape index (κ1) is 15.3. The zero-order valence-electron chi connectivity index (χ0n) is 10.2. The van der Waals surface area contributed by atoms with E-state index in [9.17, 15) is 9.59 Å². The summed E-state index contributed by atoms with van der Waals surface area (Å²) < 4.78 is 0. The Balaban J connectivity index is 3.87. The molecule has 5 heteroatoms. The van der Waals surface area contributed by atoms with Crippen LogP contribution in [0.2, 0.25) is 0 Å². The molecule has 2 N–H and O–H groups in total. The molecule has 0 fully saturated rings. The van der Waals surface area contributed by atoms with Crippen LogP contribution in [0, 0.1) is 5.92 Å². The predicted molar refractivity (Wildman–Crippen MR) is 66.6 cm³/mol. The maximum atomic E-state index is 11.4. The summed E-state index contributed by atoms with van der Waals surface area (Å²) in [6.07, 6.45) is 2.20. The molecule has 0 bridgehead atoms. The van der Waals surface area contributed by atoms with Crippen LogP contribution in [-0.4, -0.2) is 34.5 Å². The molecule has 16 heavy (non-hydrogen) atoms. The highest BCUT2D eigenvalue weighted by atomic mass is 32.2. The Bertz CT molecular complexity index is 231. The van der Waals surface area contributed by atoms with Gasteiger partial charge >= 0.3 is 5.97 Å². The lowest BCUT2D eigenvalue weighted by Gasteiger charge is -2.17. The molecule has 0 unspecified atom stereocenters. The smallest absolute Gasteiger partial charge is 0.326 e. The summed E-state index contributed by atoms with van der Waals surface area (Å²) in [5.41, 5.74) is 0. The minimum atomic E-state index is -0.970. The highest BCUT2D eigenvalue weighted by Crippen LogP contribution is 2.06. The van der Waals surface area contributed by atoms with E-state index in [0.717, 1.165) is 18.6 Å². The molecule has 94 valence electrons. The molecule has 0 aromatic rings. The first-order valence-corrected chi connectivity index (χ1v) is 6.74. The fourth-order valence-electron chi connectivity index (χ4n) is 1.14. The molecule has 0 aliphatic rings. The molecular weight excluding hydrogens is 226 g/mol. The molecule has 0 aromatic heterocycles. The van der Waals surface area contributed by atoms with Gasteiger partial charge in [0, 0.05) is 0 Å². The molecule has 1 atom stereocenters.